The molecule has 0 radical (unpaired) electrons. The van der Waals surface area contributed by atoms with Crippen LogP contribution < -0.4 is 10.2 Å². The van der Waals surface area contributed by atoms with E-state index < -0.39 is 0 Å². The van der Waals surface area contributed by atoms with Crippen molar-refractivity contribution in [3.05, 3.63) is 23.6 Å². The molecule has 0 aromatic carbocycles. The number of anilines is 1. The Bertz CT molecular complexity index is 366. The van der Waals surface area contributed by atoms with E-state index in [4.69, 9.17) is 0 Å². The van der Waals surface area contributed by atoms with E-state index in [0.717, 1.165) is 11.4 Å². The first-order valence-corrected chi connectivity index (χ1v) is 5.99. The lowest BCUT2D eigenvalue weighted by molar-refractivity contribution is 0.500. The van der Waals surface area contributed by atoms with Crippen molar-refractivity contribution >= 4 is 5.82 Å². The Labute approximate surface area is 103 Å². The third-order valence-electron chi connectivity index (χ3n) is 3.19. The van der Waals surface area contributed by atoms with Gasteiger partial charge in [-0.2, -0.15) is 0 Å². The summed E-state index contributed by atoms with van der Waals surface area (Å²) in [5, 5.41) is 3.04. The summed E-state index contributed by atoms with van der Waals surface area (Å²) in [6.45, 7) is 7.11. The summed E-state index contributed by atoms with van der Waals surface area (Å²) < 4.78 is 13.2. The summed E-state index contributed by atoms with van der Waals surface area (Å²) in [4.78, 5) is 6.32. The smallest absolute Gasteiger partial charge is 0.141 e. The molecule has 0 aliphatic heterocycles. The van der Waals surface area contributed by atoms with Crippen LogP contribution in [0.15, 0.2) is 12.3 Å². The molecule has 96 valence electrons. The van der Waals surface area contributed by atoms with Gasteiger partial charge in [0.15, 0.2) is 0 Å². The number of hydrogen-bond donors (Lipinski definition) is 1. The first-order chi connectivity index (χ1) is 7.97. The minimum Gasteiger partial charge on any atom is -0.356 e. The molecule has 0 bridgehead atoms. The van der Waals surface area contributed by atoms with E-state index in [9.17, 15) is 4.39 Å². The number of nitrogens with one attached hydrogen (secondary N) is 1. The molecule has 3 nitrogen and oxygen atoms in total. The molecule has 0 saturated carbocycles. The third kappa shape index (κ3) is 3.40. The van der Waals surface area contributed by atoms with E-state index in [1.54, 1.807) is 6.07 Å². The number of nitrogens with zero attached hydrogens (tertiary/aromatic N) is 2. The zero-order chi connectivity index (χ0) is 13.0. The molecular formula is C13H22FN3. The third-order valence-corrected chi connectivity index (χ3v) is 3.19. The SMILES string of the molecule is CNCc1cc(F)cnc1N(C)C(C)C(C)C. The molecule has 0 fully saturated rings. The predicted octanol–water partition coefficient (Wildman–Crippen LogP) is 2.42. The second-order valence-electron chi connectivity index (χ2n) is 4.76. The molecule has 1 rings (SSSR count). The summed E-state index contributed by atoms with van der Waals surface area (Å²) in [6.07, 6.45) is 1.28. The molecule has 1 unspecified atom stereocenters. The number of aromatic nitrogens is 1. The van der Waals surface area contributed by atoms with Crippen molar-refractivity contribution in [2.45, 2.75) is 33.4 Å². The van der Waals surface area contributed by atoms with E-state index in [2.05, 4.69) is 36.0 Å². The highest BCUT2D eigenvalue weighted by Crippen LogP contribution is 2.21. The molecule has 1 atom stereocenters. The van der Waals surface area contributed by atoms with Crippen LogP contribution in [0.2, 0.25) is 0 Å². The molecule has 1 aromatic rings. The van der Waals surface area contributed by atoms with Gasteiger partial charge in [-0.05, 0) is 26.0 Å². The number of halogens is 1. The van der Waals surface area contributed by atoms with E-state index in [-0.39, 0.29) is 5.82 Å². The summed E-state index contributed by atoms with van der Waals surface area (Å²) in [5.41, 5.74) is 0.891. The molecule has 0 aliphatic rings. The maximum absolute atomic E-state index is 13.2. The van der Waals surface area contributed by atoms with Crippen LogP contribution >= 0.6 is 0 Å². The molecular weight excluding hydrogens is 217 g/mol. The summed E-state index contributed by atoms with van der Waals surface area (Å²) >= 11 is 0. The van der Waals surface area contributed by atoms with Gasteiger partial charge in [0.1, 0.15) is 11.6 Å². The molecule has 1 heterocycles. The molecule has 1 aromatic heterocycles. The fourth-order valence-electron chi connectivity index (χ4n) is 1.75. The van der Waals surface area contributed by atoms with Gasteiger partial charge in [0, 0.05) is 25.2 Å². The zero-order valence-electron chi connectivity index (χ0n) is 11.3. The normalized spacial score (nSPS) is 12.9. The maximum Gasteiger partial charge on any atom is 0.141 e. The van der Waals surface area contributed by atoms with Gasteiger partial charge in [0.2, 0.25) is 0 Å². The molecule has 4 heteroatoms. The lowest BCUT2D eigenvalue weighted by atomic mass is 10.0. The average Bonchev–Trinajstić information content (AvgIpc) is 2.27. The van der Waals surface area contributed by atoms with Crippen molar-refractivity contribution in [1.29, 1.82) is 0 Å². The lowest BCUT2D eigenvalue weighted by Crippen LogP contribution is -2.34. The van der Waals surface area contributed by atoms with Crippen molar-refractivity contribution in [2.75, 3.05) is 19.0 Å². The van der Waals surface area contributed by atoms with Crippen LogP contribution in [-0.2, 0) is 6.54 Å². The van der Waals surface area contributed by atoms with Gasteiger partial charge in [-0.15, -0.1) is 0 Å². The summed E-state index contributed by atoms with van der Waals surface area (Å²) in [7, 11) is 3.85. The van der Waals surface area contributed by atoms with Crippen molar-refractivity contribution in [2.24, 2.45) is 5.92 Å². The Hall–Kier alpha value is -1.16. The maximum atomic E-state index is 13.2. The predicted molar refractivity (Wildman–Crippen MR) is 69.7 cm³/mol. The van der Waals surface area contributed by atoms with Gasteiger partial charge >= 0.3 is 0 Å². The molecule has 0 aliphatic carbocycles. The van der Waals surface area contributed by atoms with Crippen molar-refractivity contribution in [3.63, 3.8) is 0 Å². The van der Waals surface area contributed by atoms with Crippen LogP contribution in [0, 0.1) is 11.7 Å². The zero-order valence-corrected chi connectivity index (χ0v) is 11.3. The van der Waals surface area contributed by atoms with Crippen LogP contribution in [0.3, 0.4) is 0 Å². The van der Waals surface area contributed by atoms with E-state index >= 15 is 0 Å². The fraction of sp³-hybridized carbons (Fsp3) is 0.615. The van der Waals surface area contributed by atoms with Crippen LogP contribution in [0.1, 0.15) is 26.3 Å². The highest BCUT2D eigenvalue weighted by Gasteiger charge is 2.17. The van der Waals surface area contributed by atoms with Gasteiger partial charge in [-0.25, -0.2) is 9.37 Å². The van der Waals surface area contributed by atoms with Crippen LogP contribution in [0.25, 0.3) is 0 Å². The molecule has 17 heavy (non-hydrogen) atoms. The standard InChI is InChI=1S/C13H22FN3/c1-9(2)10(3)17(5)13-11(7-15-4)6-12(14)8-16-13/h6,8-10,15H,7H2,1-5H3. The van der Waals surface area contributed by atoms with E-state index in [0.29, 0.717) is 18.5 Å². The molecule has 0 amide bonds. The first-order valence-electron chi connectivity index (χ1n) is 5.99. The summed E-state index contributed by atoms with van der Waals surface area (Å²) in [5.74, 6) is 1.08. The number of hydrogen-bond acceptors (Lipinski definition) is 3. The number of pyridine rings is 1. The van der Waals surface area contributed by atoms with Gasteiger partial charge in [0.05, 0.1) is 6.20 Å². The lowest BCUT2D eigenvalue weighted by Gasteiger charge is -2.30. The highest BCUT2D eigenvalue weighted by atomic mass is 19.1. The van der Waals surface area contributed by atoms with Crippen LogP contribution in [0.5, 0.6) is 0 Å². The van der Waals surface area contributed by atoms with Gasteiger partial charge in [0.25, 0.3) is 0 Å². The molecule has 0 saturated heterocycles. The Morgan fingerprint density at radius 1 is 1.41 bits per heavy atom. The van der Waals surface area contributed by atoms with E-state index in [1.807, 2.05) is 14.1 Å². The number of rotatable bonds is 5. The fourth-order valence-corrected chi connectivity index (χ4v) is 1.75. The van der Waals surface area contributed by atoms with Crippen LogP contribution in [0.4, 0.5) is 10.2 Å². The van der Waals surface area contributed by atoms with Gasteiger partial charge in [-0.1, -0.05) is 13.8 Å². The minimum atomic E-state index is -0.287. The second kappa shape index (κ2) is 5.96. The highest BCUT2D eigenvalue weighted by molar-refractivity contribution is 5.47. The Morgan fingerprint density at radius 2 is 2.06 bits per heavy atom. The van der Waals surface area contributed by atoms with E-state index in [1.165, 1.54) is 6.20 Å². The molecule has 0 spiro atoms. The van der Waals surface area contributed by atoms with Crippen molar-refractivity contribution < 1.29 is 4.39 Å². The van der Waals surface area contributed by atoms with Crippen molar-refractivity contribution in [3.8, 4) is 0 Å². The largest absolute Gasteiger partial charge is 0.356 e. The average molecular weight is 239 g/mol. The Morgan fingerprint density at radius 3 is 2.59 bits per heavy atom. The summed E-state index contributed by atoms with van der Waals surface area (Å²) in [6, 6.07) is 1.91. The molecule has 1 N–H and O–H groups in total. The van der Waals surface area contributed by atoms with Gasteiger partial charge in [-0.3, -0.25) is 0 Å². The topological polar surface area (TPSA) is 28.2 Å². The quantitative estimate of drug-likeness (QED) is 0.855. The second-order valence-corrected chi connectivity index (χ2v) is 4.76. The van der Waals surface area contributed by atoms with Crippen LogP contribution in [-0.4, -0.2) is 25.1 Å². The van der Waals surface area contributed by atoms with Crippen molar-refractivity contribution in [1.82, 2.24) is 10.3 Å². The monoisotopic (exact) mass is 239 g/mol. The first kappa shape index (κ1) is 13.9. The Balaban J connectivity index is 3.03. The Kier molecular flexibility index (Phi) is 4.87. The minimum absolute atomic E-state index is 0.287. The van der Waals surface area contributed by atoms with Gasteiger partial charge < -0.3 is 10.2 Å².